The van der Waals surface area contributed by atoms with Gasteiger partial charge >= 0.3 is 7.82 Å². The van der Waals surface area contributed by atoms with Gasteiger partial charge in [-0.05, 0) is 6.42 Å². The number of nitrogen functional groups attached to an aromatic ring is 2. The average Bonchev–Trinajstić information content (AvgIpc) is 3.74. The van der Waals surface area contributed by atoms with E-state index in [9.17, 15) is 17.9 Å². The molecule has 0 spiro atoms. The number of phosphoric ester groups is 1. The molecule has 1 unspecified atom stereocenters. The van der Waals surface area contributed by atoms with Gasteiger partial charge in [-0.15, -0.1) is 0 Å². The molecule has 7 heterocycles. The Balaban J connectivity index is 1.14. The highest BCUT2D eigenvalue weighted by Gasteiger charge is 2.51. The van der Waals surface area contributed by atoms with Crippen LogP contribution in [0.25, 0.3) is 22.3 Å². The van der Waals surface area contributed by atoms with E-state index in [-0.39, 0.29) is 42.1 Å². The van der Waals surface area contributed by atoms with Crippen molar-refractivity contribution >= 4 is 51.9 Å². The molecule has 19 nitrogen and oxygen atoms in total. The Morgan fingerprint density at radius 3 is 2.27 bits per heavy atom. The van der Waals surface area contributed by atoms with Gasteiger partial charge in [-0.3, -0.25) is 22.4 Å². The van der Waals surface area contributed by atoms with E-state index in [1.165, 1.54) is 23.5 Å². The number of anilines is 2. The fraction of sp³-hybridized carbons (Fsp3) is 0.545. The number of alkyl halides is 1. The second-order valence-electron chi connectivity index (χ2n) is 10.4. The summed E-state index contributed by atoms with van der Waals surface area (Å²) in [5.41, 5.74) is 12.7. The third kappa shape index (κ3) is 5.28. The summed E-state index contributed by atoms with van der Waals surface area (Å²) in [6.07, 6.45) is -4.43. The molecule has 4 aromatic heterocycles. The molecular formula is C22H26FN10O9PS. The van der Waals surface area contributed by atoms with Gasteiger partial charge in [0, 0.05) is 12.8 Å². The van der Waals surface area contributed by atoms with Crippen LogP contribution in [0.15, 0.2) is 25.3 Å². The fourth-order valence-electron chi connectivity index (χ4n) is 5.61. The lowest BCUT2D eigenvalue weighted by molar-refractivity contribution is -0.0267. The van der Waals surface area contributed by atoms with Gasteiger partial charge in [0.2, 0.25) is 0 Å². The normalized spacial score (nSPS) is 34.6. The standard InChI is InChI=1S/C22H26FN10O9PS/c23-14-17-11(40-22(14)33-9-31-16-19(25)27-7-29-21(16)33)2-4-44(36,37)42-12-5-13(39-10(12)1-3-38-43(34,35)41-17)32-8-30-15-18(24)26-6-28-20(15)32/h6-14,17,22H,1-5H2,(H,34,35)(H2,24,26,28)(H2,25,27,29)/t10-,11-,12+,13-,14-,17-,22-/m1/s1. The quantitative estimate of drug-likeness (QED) is 0.194. The number of aromatic nitrogens is 8. The lowest BCUT2D eigenvalue weighted by Crippen LogP contribution is -2.33. The summed E-state index contributed by atoms with van der Waals surface area (Å²) in [6, 6.07) is 0. The first kappa shape index (κ1) is 29.3. The van der Waals surface area contributed by atoms with Crippen molar-refractivity contribution in [2.24, 2.45) is 0 Å². The second-order valence-corrected chi connectivity index (χ2v) is 13.5. The summed E-state index contributed by atoms with van der Waals surface area (Å²) in [5.74, 6) is -0.421. The Bertz CT molecular complexity index is 1880. The fourth-order valence-corrected chi connectivity index (χ4v) is 7.76. The molecule has 236 valence electrons. The van der Waals surface area contributed by atoms with Crippen molar-refractivity contribution in [1.82, 2.24) is 39.0 Å². The number of ether oxygens (including phenoxy) is 2. The molecule has 0 bridgehead atoms. The first-order valence-corrected chi connectivity index (χ1v) is 16.4. The van der Waals surface area contributed by atoms with Crippen molar-refractivity contribution in [1.29, 1.82) is 0 Å². The average molecular weight is 657 g/mol. The van der Waals surface area contributed by atoms with Crippen molar-refractivity contribution in [2.45, 2.75) is 62.3 Å². The first-order valence-electron chi connectivity index (χ1n) is 13.4. The largest absolute Gasteiger partial charge is 0.472 e. The van der Waals surface area contributed by atoms with E-state index in [4.69, 9.17) is 34.2 Å². The Kier molecular flexibility index (Phi) is 7.24. The third-order valence-electron chi connectivity index (χ3n) is 7.64. The minimum atomic E-state index is -4.87. The lowest BCUT2D eigenvalue weighted by Gasteiger charge is -2.22. The van der Waals surface area contributed by atoms with Crippen LogP contribution in [0.1, 0.15) is 31.7 Å². The van der Waals surface area contributed by atoms with E-state index >= 15 is 4.39 Å². The maximum absolute atomic E-state index is 15.9. The molecular weight excluding hydrogens is 630 g/mol. The third-order valence-corrected chi connectivity index (χ3v) is 9.94. The van der Waals surface area contributed by atoms with Gasteiger partial charge in [-0.1, -0.05) is 0 Å². The zero-order chi connectivity index (χ0) is 30.8. The van der Waals surface area contributed by atoms with Crippen LogP contribution in [-0.4, -0.2) is 95.3 Å². The Morgan fingerprint density at radius 1 is 0.909 bits per heavy atom. The molecule has 0 aromatic carbocycles. The SMILES string of the molecule is Nc1ncnc2c1ncn2[C@@H]1O[C@@H]2CCS(=O)(=O)O[C@H]3C[C@H](n4cnc5c(N)ncnc54)O[C@@H]3CCOP(=O)(O)O[C@H]2[C@H]1F. The van der Waals surface area contributed by atoms with Crippen LogP contribution in [-0.2, 0) is 37.4 Å². The minimum absolute atomic E-state index is 0.0486. The van der Waals surface area contributed by atoms with Crippen molar-refractivity contribution in [2.75, 3.05) is 23.8 Å². The van der Waals surface area contributed by atoms with Gasteiger partial charge in [0.15, 0.2) is 35.3 Å². The summed E-state index contributed by atoms with van der Waals surface area (Å²) < 4.78 is 85.9. The zero-order valence-corrected chi connectivity index (χ0v) is 24.3. The molecule has 3 aliphatic rings. The molecule has 3 saturated heterocycles. The van der Waals surface area contributed by atoms with Crippen molar-refractivity contribution in [3.8, 4) is 0 Å². The topological polar surface area (TPSA) is 257 Å². The highest BCUT2D eigenvalue weighted by molar-refractivity contribution is 7.86. The maximum atomic E-state index is 15.9. The monoisotopic (exact) mass is 656 g/mol. The maximum Gasteiger partial charge on any atom is 0.472 e. The van der Waals surface area contributed by atoms with Gasteiger partial charge in [-0.25, -0.2) is 38.9 Å². The highest BCUT2D eigenvalue weighted by atomic mass is 32.2. The summed E-state index contributed by atoms with van der Waals surface area (Å²) >= 11 is 0. The summed E-state index contributed by atoms with van der Waals surface area (Å²) in [6.45, 7) is -0.411. The minimum Gasteiger partial charge on any atom is -0.382 e. The smallest absolute Gasteiger partial charge is 0.382 e. The van der Waals surface area contributed by atoms with E-state index in [1.54, 1.807) is 4.57 Å². The zero-order valence-electron chi connectivity index (χ0n) is 22.6. The van der Waals surface area contributed by atoms with Gasteiger partial charge in [-0.2, -0.15) is 8.42 Å². The van der Waals surface area contributed by atoms with Crippen LogP contribution >= 0.6 is 7.82 Å². The molecule has 22 heteroatoms. The second kappa shape index (κ2) is 10.9. The van der Waals surface area contributed by atoms with Crippen molar-refractivity contribution < 1.29 is 45.0 Å². The summed E-state index contributed by atoms with van der Waals surface area (Å²) in [5, 5.41) is 0. The number of halogens is 1. The van der Waals surface area contributed by atoms with Crippen LogP contribution in [0.5, 0.6) is 0 Å². The van der Waals surface area contributed by atoms with E-state index in [0.717, 1.165) is 6.33 Å². The van der Waals surface area contributed by atoms with Gasteiger partial charge in [0.1, 0.15) is 42.1 Å². The highest BCUT2D eigenvalue weighted by Crippen LogP contribution is 2.50. The molecule has 7 rings (SSSR count). The van der Waals surface area contributed by atoms with Crippen LogP contribution in [0.2, 0.25) is 0 Å². The molecule has 44 heavy (non-hydrogen) atoms. The van der Waals surface area contributed by atoms with E-state index in [0.29, 0.717) is 11.2 Å². The van der Waals surface area contributed by atoms with Crippen LogP contribution in [0.3, 0.4) is 0 Å². The Hall–Kier alpha value is -3.43. The van der Waals surface area contributed by atoms with E-state index in [1.807, 2.05) is 0 Å². The van der Waals surface area contributed by atoms with Crippen LogP contribution in [0, 0.1) is 0 Å². The molecule has 4 aromatic rings. The number of nitrogens with two attached hydrogens (primary N) is 2. The van der Waals surface area contributed by atoms with Gasteiger partial charge in [0.05, 0.1) is 37.2 Å². The molecule has 0 saturated carbocycles. The van der Waals surface area contributed by atoms with Gasteiger partial charge in [0.25, 0.3) is 10.1 Å². The Morgan fingerprint density at radius 2 is 1.57 bits per heavy atom. The number of hydrogen-bond donors (Lipinski definition) is 3. The number of phosphoric acid groups is 1. The van der Waals surface area contributed by atoms with Crippen molar-refractivity contribution in [3.05, 3.63) is 25.3 Å². The van der Waals surface area contributed by atoms with Crippen molar-refractivity contribution in [3.63, 3.8) is 0 Å². The summed E-state index contributed by atoms with van der Waals surface area (Å²) in [7, 11) is -9.12. The molecule has 5 N–H and O–H groups in total. The van der Waals surface area contributed by atoms with Crippen LogP contribution < -0.4 is 11.5 Å². The molecule has 0 radical (unpaired) electrons. The molecule has 0 aliphatic carbocycles. The van der Waals surface area contributed by atoms with E-state index < -0.39 is 73.3 Å². The number of rotatable bonds is 2. The molecule has 3 aliphatic heterocycles. The number of hydrogen-bond acceptors (Lipinski definition) is 16. The van der Waals surface area contributed by atoms with Gasteiger partial charge < -0.3 is 25.8 Å². The molecule has 0 amide bonds. The predicted molar refractivity (Wildman–Crippen MR) is 145 cm³/mol. The number of imidazole rings is 2. The Labute approximate surface area is 247 Å². The number of nitrogens with zero attached hydrogens (tertiary/aromatic N) is 8. The van der Waals surface area contributed by atoms with E-state index in [2.05, 4.69) is 29.9 Å². The molecule has 3 fully saturated rings. The predicted octanol–water partition coefficient (Wildman–Crippen LogP) is 0.365. The lowest BCUT2D eigenvalue weighted by atomic mass is 10.1. The summed E-state index contributed by atoms with van der Waals surface area (Å²) in [4.78, 5) is 34.8. The first-order chi connectivity index (χ1) is 21.0. The number of fused-ring (bicyclic) bond motifs is 4. The molecule has 8 atom stereocenters. The van der Waals surface area contributed by atoms with Crippen LogP contribution in [0.4, 0.5) is 16.0 Å².